The van der Waals surface area contributed by atoms with Gasteiger partial charge < -0.3 is 9.64 Å². The lowest BCUT2D eigenvalue weighted by Crippen LogP contribution is -2.54. The number of nitrogens with zero attached hydrogens (tertiary/aromatic N) is 3. The Morgan fingerprint density at radius 3 is 2.23 bits per heavy atom. The lowest BCUT2D eigenvalue weighted by Gasteiger charge is -2.39. The van der Waals surface area contributed by atoms with Gasteiger partial charge in [0.15, 0.2) is 0 Å². The molecule has 2 aliphatic rings. The number of carbonyl (C=O) groups excluding carboxylic acids is 2. The van der Waals surface area contributed by atoms with Gasteiger partial charge in [0.25, 0.3) is 15.9 Å². The Morgan fingerprint density at radius 1 is 1.00 bits per heavy atom. The zero-order valence-corrected chi connectivity index (χ0v) is 21.9. The van der Waals surface area contributed by atoms with Crippen LogP contribution >= 0.6 is 23.2 Å². The van der Waals surface area contributed by atoms with Crippen molar-refractivity contribution in [2.24, 2.45) is 0 Å². The first kappa shape index (κ1) is 25.3. The van der Waals surface area contributed by atoms with Crippen molar-refractivity contribution in [3.63, 3.8) is 0 Å². The van der Waals surface area contributed by atoms with Gasteiger partial charge in [-0.25, -0.2) is 12.7 Å². The van der Waals surface area contributed by atoms with Gasteiger partial charge in [0.2, 0.25) is 5.91 Å². The number of ether oxygens (including phenoxy) is 1. The molecule has 1 fully saturated rings. The summed E-state index contributed by atoms with van der Waals surface area (Å²) in [6, 6.07) is 8.97. The van der Waals surface area contributed by atoms with Crippen LogP contribution in [0.25, 0.3) is 0 Å². The minimum Gasteiger partial charge on any atom is -0.495 e. The molecule has 186 valence electrons. The van der Waals surface area contributed by atoms with Crippen molar-refractivity contribution in [1.82, 2.24) is 14.1 Å². The molecule has 0 aromatic heterocycles. The summed E-state index contributed by atoms with van der Waals surface area (Å²) in [5.74, 6) is -0.578. The number of benzene rings is 2. The average Bonchev–Trinajstić information content (AvgIpc) is 3.07. The second kappa shape index (κ2) is 9.37. The van der Waals surface area contributed by atoms with Gasteiger partial charge in [0.1, 0.15) is 28.5 Å². The topological polar surface area (TPSA) is 87.2 Å². The number of amides is 2. The van der Waals surface area contributed by atoms with Crippen LogP contribution in [0.3, 0.4) is 0 Å². The van der Waals surface area contributed by atoms with E-state index in [-0.39, 0.29) is 39.9 Å². The van der Waals surface area contributed by atoms with Gasteiger partial charge in [-0.1, -0.05) is 35.3 Å². The fraction of sp³-hybridized carbons (Fsp3) is 0.333. The molecule has 0 N–H and O–H groups in total. The molecule has 2 heterocycles. The highest BCUT2D eigenvalue weighted by Crippen LogP contribution is 2.40. The number of methoxy groups -OCH3 is 1. The molecule has 11 heteroatoms. The molecule has 8 nitrogen and oxygen atoms in total. The van der Waals surface area contributed by atoms with Crippen molar-refractivity contribution in [2.45, 2.75) is 50.2 Å². The fourth-order valence-electron chi connectivity index (χ4n) is 4.34. The summed E-state index contributed by atoms with van der Waals surface area (Å²) in [5, 5.41) is 0.753. The van der Waals surface area contributed by atoms with E-state index >= 15 is 0 Å². The van der Waals surface area contributed by atoms with E-state index in [1.54, 1.807) is 24.3 Å². The van der Waals surface area contributed by atoms with E-state index < -0.39 is 28.0 Å². The number of fused-ring (bicyclic) bond motifs is 1. The Bertz CT molecular complexity index is 1310. The van der Waals surface area contributed by atoms with E-state index in [9.17, 15) is 18.0 Å². The maximum Gasteiger partial charge on any atom is 0.269 e. The summed E-state index contributed by atoms with van der Waals surface area (Å²) in [6.07, 6.45) is 1.63. The molecule has 2 atom stereocenters. The summed E-state index contributed by atoms with van der Waals surface area (Å²) in [5.41, 5.74) is 0.788. The van der Waals surface area contributed by atoms with Gasteiger partial charge in [-0.05, 0) is 56.7 Å². The average molecular weight is 538 g/mol. The number of hydrogen-bond donors (Lipinski definition) is 0. The second-order valence-corrected chi connectivity index (χ2v) is 11.3. The minimum atomic E-state index is -4.29. The van der Waals surface area contributed by atoms with Gasteiger partial charge in [0.05, 0.1) is 7.11 Å². The number of hydrogen-bond acceptors (Lipinski definition) is 5. The second-order valence-electron chi connectivity index (χ2n) is 8.65. The van der Waals surface area contributed by atoms with E-state index in [1.807, 2.05) is 13.8 Å². The van der Waals surface area contributed by atoms with Crippen LogP contribution in [-0.4, -0.2) is 59.6 Å². The molecule has 4 rings (SSSR count). The van der Waals surface area contributed by atoms with Crippen molar-refractivity contribution in [1.29, 1.82) is 0 Å². The van der Waals surface area contributed by atoms with Crippen molar-refractivity contribution < 1.29 is 22.7 Å². The van der Waals surface area contributed by atoms with E-state index in [1.165, 1.54) is 48.2 Å². The maximum atomic E-state index is 13.9. The first-order valence-electron chi connectivity index (χ1n) is 11.0. The quantitative estimate of drug-likeness (QED) is 0.557. The van der Waals surface area contributed by atoms with Crippen LogP contribution < -0.4 is 4.74 Å². The van der Waals surface area contributed by atoms with E-state index in [4.69, 9.17) is 27.9 Å². The molecule has 1 saturated heterocycles. The van der Waals surface area contributed by atoms with Crippen LogP contribution in [0, 0.1) is 0 Å². The normalized spacial score (nSPS) is 20.4. The van der Waals surface area contributed by atoms with Crippen LogP contribution in [0.5, 0.6) is 5.75 Å². The first-order chi connectivity index (χ1) is 16.5. The van der Waals surface area contributed by atoms with E-state index in [0.29, 0.717) is 5.02 Å². The Morgan fingerprint density at radius 2 is 1.63 bits per heavy atom. The third-order valence-corrected chi connectivity index (χ3v) is 8.47. The highest BCUT2D eigenvalue weighted by molar-refractivity contribution is 7.89. The summed E-state index contributed by atoms with van der Waals surface area (Å²) in [6.45, 7) is 5.14. The summed E-state index contributed by atoms with van der Waals surface area (Å²) in [4.78, 5) is 29.5. The lowest BCUT2D eigenvalue weighted by atomic mass is 10.0. The number of rotatable bonds is 6. The highest BCUT2D eigenvalue weighted by Gasteiger charge is 2.53. The molecule has 2 amide bonds. The molecule has 2 aromatic carbocycles. The molecule has 2 unspecified atom stereocenters. The Labute approximate surface area is 214 Å². The zero-order valence-electron chi connectivity index (χ0n) is 19.6. The Kier molecular flexibility index (Phi) is 6.78. The predicted octanol–water partition coefficient (Wildman–Crippen LogP) is 3.88. The zero-order chi connectivity index (χ0) is 25.7. The van der Waals surface area contributed by atoms with Gasteiger partial charge in [-0.15, -0.1) is 0 Å². The molecule has 0 radical (unpaired) electrons. The molecular weight excluding hydrogens is 513 g/mol. The number of halogens is 2. The molecule has 35 heavy (non-hydrogen) atoms. The van der Waals surface area contributed by atoms with Gasteiger partial charge in [-0.2, -0.15) is 0 Å². The summed E-state index contributed by atoms with van der Waals surface area (Å²) in [7, 11) is -2.93. The van der Waals surface area contributed by atoms with Crippen molar-refractivity contribution in [3.05, 3.63) is 70.1 Å². The van der Waals surface area contributed by atoms with Crippen LogP contribution in [-0.2, 0) is 26.0 Å². The Hall–Kier alpha value is -2.75. The van der Waals surface area contributed by atoms with Crippen molar-refractivity contribution in [3.8, 4) is 5.75 Å². The van der Waals surface area contributed by atoms with E-state index in [0.717, 1.165) is 9.87 Å². The highest BCUT2D eigenvalue weighted by atomic mass is 35.5. The third kappa shape index (κ3) is 4.37. The maximum absolute atomic E-state index is 13.9. The number of sulfonamides is 1. The van der Waals surface area contributed by atoms with Crippen LogP contribution in [0.2, 0.25) is 10.0 Å². The van der Waals surface area contributed by atoms with Gasteiger partial charge in [-0.3, -0.25) is 14.5 Å². The minimum absolute atomic E-state index is 0.0958. The molecular formula is C24H25Cl2N3O5S. The predicted molar refractivity (Wildman–Crippen MR) is 132 cm³/mol. The summed E-state index contributed by atoms with van der Waals surface area (Å²) < 4.78 is 34.1. The summed E-state index contributed by atoms with van der Waals surface area (Å²) >= 11 is 12.1. The first-order valence-corrected chi connectivity index (χ1v) is 13.2. The van der Waals surface area contributed by atoms with Gasteiger partial charge >= 0.3 is 0 Å². The van der Waals surface area contributed by atoms with Crippen LogP contribution in [0.4, 0.5) is 0 Å². The van der Waals surface area contributed by atoms with Gasteiger partial charge in [0, 0.05) is 28.7 Å². The SMILES string of the molecule is COc1ccc(Cl)cc1S(=O)(=O)N1C2=CN(C(C)C)C(=O)C(Cc3ccc(Cl)cc3)N2C(=O)C1C. The van der Waals surface area contributed by atoms with Crippen LogP contribution in [0.15, 0.2) is 59.4 Å². The van der Waals surface area contributed by atoms with E-state index in [2.05, 4.69) is 0 Å². The fourth-order valence-corrected chi connectivity index (χ4v) is 6.48. The number of carbonyl (C=O) groups is 2. The largest absolute Gasteiger partial charge is 0.495 e. The molecule has 0 bridgehead atoms. The lowest BCUT2D eigenvalue weighted by molar-refractivity contribution is -0.143. The standard InChI is InChI=1S/C24H25Cl2N3O5S/c1-14(2)27-13-22-28(19(24(27)31)11-16-5-7-17(25)8-6-16)23(30)15(3)29(22)35(32,33)21-12-18(26)9-10-20(21)34-4/h5-10,12-15,19H,11H2,1-4H3. The molecule has 2 aliphatic heterocycles. The third-order valence-electron chi connectivity index (χ3n) is 6.09. The monoisotopic (exact) mass is 537 g/mol. The Balaban J connectivity index is 1.85. The molecule has 0 saturated carbocycles. The molecule has 2 aromatic rings. The van der Waals surface area contributed by atoms with Crippen molar-refractivity contribution >= 4 is 45.0 Å². The molecule has 0 spiro atoms. The smallest absolute Gasteiger partial charge is 0.269 e. The van der Waals surface area contributed by atoms with Crippen molar-refractivity contribution in [2.75, 3.05) is 7.11 Å². The molecule has 0 aliphatic carbocycles. The van der Waals surface area contributed by atoms with Crippen LogP contribution in [0.1, 0.15) is 26.3 Å².